The summed E-state index contributed by atoms with van der Waals surface area (Å²) in [6, 6.07) is 4.27. The summed E-state index contributed by atoms with van der Waals surface area (Å²) in [5, 5.41) is 14.7. The van der Waals surface area contributed by atoms with Crippen LogP contribution in [0.3, 0.4) is 0 Å². The molecule has 0 bridgehead atoms. The van der Waals surface area contributed by atoms with Crippen molar-refractivity contribution in [3.63, 3.8) is 0 Å². The van der Waals surface area contributed by atoms with Crippen LogP contribution in [0, 0.1) is 17.0 Å². The lowest BCUT2D eigenvalue weighted by atomic mass is 10.1. The van der Waals surface area contributed by atoms with Crippen LogP contribution in [0.4, 0.5) is 5.69 Å². The van der Waals surface area contributed by atoms with Gasteiger partial charge in [-0.25, -0.2) is 5.43 Å². The lowest BCUT2D eigenvalue weighted by Gasteiger charge is -2.03. The predicted molar refractivity (Wildman–Crippen MR) is 74.7 cm³/mol. The van der Waals surface area contributed by atoms with E-state index >= 15 is 0 Å². The van der Waals surface area contributed by atoms with Crippen LogP contribution in [0.1, 0.15) is 22.3 Å². The van der Waals surface area contributed by atoms with Gasteiger partial charge in [-0.3, -0.25) is 14.9 Å². The van der Waals surface area contributed by atoms with E-state index in [9.17, 15) is 14.9 Å². The first-order valence-corrected chi connectivity index (χ1v) is 6.92. The number of nitrogens with one attached hydrogen (secondary N) is 1. The molecule has 1 aromatic rings. The van der Waals surface area contributed by atoms with Gasteiger partial charge in [-0.05, 0) is 31.2 Å². The predicted octanol–water partition coefficient (Wildman–Crippen LogP) is 2.13. The van der Waals surface area contributed by atoms with Gasteiger partial charge in [-0.15, -0.1) is 0 Å². The molecule has 0 unspecified atom stereocenters. The van der Waals surface area contributed by atoms with Crippen molar-refractivity contribution in [2.24, 2.45) is 5.10 Å². The van der Waals surface area contributed by atoms with Gasteiger partial charge in [-0.1, -0.05) is 0 Å². The number of benzene rings is 1. The third-order valence-corrected chi connectivity index (χ3v) is 3.81. The van der Waals surface area contributed by atoms with Crippen molar-refractivity contribution in [1.82, 2.24) is 5.43 Å². The number of carbonyl (C=O) groups is 1. The Labute approximate surface area is 114 Å². The average Bonchev–Trinajstić information content (AvgIpc) is 2.88. The SMILES string of the molecule is Cc1cc(C(=O)NN=C2CCSC2)ccc1[N+](=O)[O-]. The molecule has 0 aliphatic carbocycles. The molecule has 0 saturated carbocycles. The summed E-state index contributed by atoms with van der Waals surface area (Å²) in [4.78, 5) is 22.1. The van der Waals surface area contributed by atoms with Crippen molar-refractivity contribution in [3.05, 3.63) is 39.4 Å². The second-order valence-corrected chi connectivity index (χ2v) is 5.29. The van der Waals surface area contributed by atoms with Crippen LogP contribution in [-0.4, -0.2) is 28.0 Å². The first-order chi connectivity index (χ1) is 9.08. The van der Waals surface area contributed by atoms with Crippen LogP contribution >= 0.6 is 11.8 Å². The number of hydrogen-bond acceptors (Lipinski definition) is 5. The quantitative estimate of drug-likeness (QED) is 0.678. The van der Waals surface area contributed by atoms with Crippen molar-refractivity contribution in [2.75, 3.05) is 11.5 Å². The van der Waals surface area contributed by atoms with Crippen LogP contribution in [0.25, 0.3) is 0 Å². The van der Waals surface area contributed by atoms with Gasteiger partial charge in [0.05, 0.1) is 4.92 Å². The number of hydrazone groups is 1. The second kappa shape index (κ2) is 5.83. The minimum absolute atomic E-state index is 0.00931. The van der Waals surface area contributed by atoms with E-state index < -0.39 is 4.92 Å². The Balaban J connectivity index is 2.09. The Morgan fingerprint density at radius 3 is 2.89 bits per heavy atom. The summed E-state index contributed by atoms with van der Waals surface area (Å²) in [6.07, 6.45) is 0.893. The normalized spacial score (nSPS) is 16.6. The van der Waals surface area contributed by atoms with Gasteiger partial charge in [0.1, 0.15) is 0 Å². The van der Waals surface area contributed by atoms with Crippen LogP contribution in [0.5, 0.6) is 0 Å². The molecule has 0 aromatic heterocycles. The topological polar surface area (TPSA) is 84.6 Å². The fraction of sp³-hybridized carbons (Fsp3) is 0.333. The zero-order chi connectivity index (χ0) is 13.8. The minimum atomic E-state index is -0.465. The molecule has 1 fully saturated rings. The first kappa shape index (κ1) is 13.5. The number of carbonyl (C=O) groups excluding carboxylic acids is 1. The van der Waals surface area contributed by atoms with Crippen molar-refractivity contribution >= 4 is 29.1 Å². The summed E-state index contributed by atoms with van der Waals surface area (Å²) in [7, 11) is 0. The van der Waals surface area contributed by atoms with Gasteiger partial charge in [0.25, 0.3) is 11.6 Å². The number of aryl methyl sites for hydroxylation is 1. The first-order valence-electron chi connectivity index (χ1n) is 5.76. The molecular weight excluding hydrogens is 266 g/mol. The van der Waals surface area contributed by atoms with Gasteiger partial charge < -0.3 is 0 Å². The Bertz CT molecular complexity index is 549. The van der Waals surface area contributed by atoms with Gasteiger partial charge in [0.2, 0.25) is 0 Å². The third kappa shape index (κ3) is 3.31. The summed E-state index contributed by atoms with van der Waals surface area (Å²) in [6.45, 7) is 1.61. The number of thioether (sulfide) groups is 1. The molecule has 100 valence electrons. The van der Waals surface area contributed by atoms with E-state index in [1.165, 1.54) is 18.2 Å². The van der Waals surface area contributed by atoms with E-state index in [4.69, 9.17) is 0 Å². The Kier molecular flexibility index (Phi) is 4.16. The van der Waals surface area contributed by atoms with E-state index in [1.54, 1.807) is 18.7 Å². The Hall–Kier alpha value is -1.89. The molecule has 1 heterocycles. The molecule has 0 spiro atoms. The highest BCUT2D eigenvalue weighted by Crippen LogP contribution is 2.19. The molecule has 1 saturated heterocycles. The van der Waals surface area contributed by atoms with Crippen molar-refractivity contribution in [1.29, 1.82) is 0 Å². The number of rotatable bonds is 3. The lowest BCUT2D eigenvalue weighted by Crippen LogP contribution is -2.19. The Morgan fingerprint density at radius 1 is 1.53 bits per heavy atom. The second-order valence-electron chi connectivity index (χ2n) is 4.18. The van der Waals surface area contributed by atoms with Crippen molar-refractivity contribution in [3.8, 4) is 0 Å². The molecule has 1 aliphatic rings. The smallest absolute Gasteiger partial charge is 0.267 e. The van der Waals surface area contributed by atoms with Gasteiger partial charge in [0, 0.05) is 28.7 Å². The fourth-order valence-corrected chi connectivity index (χ4v) is 2.71. The molecule has 0 atom stereocenters. The maximum Gasteiger partial charge on any atom is 0.272 e. The molecule has 1 N–H and O–H groups in total. The molecule has 1 aromatic carbocycles. The maximum atomic E-state index is 11.8. The number of nitrogens with zero attached hydrogens (tertiary/aromatic N) is 2. The highest BCUT2D eigenvalue weighted by molar-refractivity contribution is 8.00. The van der Waals surface area contributed by atoms with E-state index in [0.29, 0.717) is 11.1 Å². The molecule has 6 nitrogen and oxygen atoms in total. The van der Waals surface area contributed by atoms with Crippen LogP contribution in [0.15, 0.2) is 23.3 Å². The zero-order valence-electron chi connectivity index (χ0n) is 10.4. The van der Waals surface area contributed by atoms with Crippen LogP contribution in [0.2, 0.25) is 0 Å². The van der Waals surface area contributed by atoms with E-state index in [2.05, 4.69) is 10.5 Å². The average molecular weight is 279 g/mol. The van der Waals surface area contributed by atoms with Gasteiger partial charge in [-0.2, -0.15) is 16.9 Å². The summed E-state index contributed by atoms with van der Waals surface area (Å²) in [5.74, 6) is 1.53. The number of nitro benzene ring substituents is 1. The van der Waals surface area contributed by atoms with Gasteiger partial charge >= 0.3 is 0 Å². The van der Waals surface area contributed by atoms with Gasteiger partial charge in [0.15, 0.2) is 0 Å². The minimum Gasteiger partial charge on any atom is -0.267 e. The highest BCUT2D eigenvalue weighted by Gasteiger charge is 2.14. The third-order valence-electron chi connectivity index (χ3n) is 2.77. The molecule has 1 amide bonds. The molecule has 0 radical (unpaired) electrons. The fourth-order valence-electron chi connectivity index (χ4n) is 1.74. The monoisotopic (exact) mass is 279 g/mol. The summed E-state index contributed by atoms with van der Waals surface area (Å²) >= 11 is 1.78. The maximum absolute atomic E-state index is 11.8. The highest BCUT2D eigenvalue weighted by atomic mass is 32.2. The largest absolute Gasteiger partial charge is 0.272 e. The van der Waals surface area contributed by atoms with E-state index in [1.807, 2.05) is 0 Å². The Morgan fingerprint density at radius 2 is 2.32 bits per heavy atom. The molecule has 19 heavy (non-hydrogen) atoms. The zero-order valence-corrected chi connectivity index (χ0v) is 11.2. The van der Waals surface area contributed by atoms with E-state index in [0.717, 1.165) is 23.6 Å². The van der Waals surface area contributed by atoms with E-state index in [-0.39, 0.29) is 11.6 Å². The number of hydrogen-bond donors (Lipinski definition) is 1. The lowest BCUT2D eigenvalue weighted by molar-refractivity contribution is -0.385. The molecule has 1 aliphatic heterocycles. The van der Waals surface area contributed by atoms with Crippen molar-refractivity contribution < 1.29 is 9.72 Å². The molecular formula is C12H13N3O3S. The molecule has 2 rings (SSSR count). The summed E-state index contributed by atoms with van der Waals surface area (Å²) in [5.41, 5.74) is 4.29. The molecule has 7 heteroatoms. The standard InChI is InChI=1S/C12H13N3O3S/c1-8-6-9(2-3-11(8)15(17)18)12(16)14-13-10-4-5-19-7-10/h2-3,6H,4-5,7H2,1H3,(H,14,16). The van der Waals surface area contributed by atoms with Crippen molar-refractivity contribution in [2.45, 2.75) is 13.3 Å². The van der Waals surface area contributed by atoms with Crippen LogP contribution in [-0.2, 0) is 0 Å². The number of amides is 1. The number of nitro groups is 1. The van der Waals surface area contributed by atoms with Crippen LogP contribution < -0.4 is 5.43 Å². The summed E-state index contributed by atoms with van der Waals surface area (Å²) < 4.78 is 0.